The highest BCUT2D eigenvalue weighted by Crippen LogP contribution is 2.45. The van der Waals surface area contributed by atoms with E-state index in [-0.39, 0.29) is 33.9 Å². The molecule has 0 saturated carbocycles. The van der Waals surface area contributed by atoms with E-state index >= 15 is 0 Å². The molecule has 0 spiro atoms. The predicted molar refractivity (Wildman–Crippen MR) is 269 cm³/mol. The van der Waals surface area contributed by atoms with Crippen LogP contribution in [0.1, 0.15) is 113 Å². The number of aromatic hydroxyl groups is 1. The summed E-state index contributed by atoms with van der Waals surface area (Å²) < 4.78 is 194. The van der Waals surface area contributed by atoms with Crippen molar-refractivity contribution in [1.29, 1.82) is 0 Å². The van der Waals surface area contributed by atoms with Crippen LogP contribution in [0.15, 0.2) is 170 Å². The largest absolute Gasteiger partial charge is 0.507 e. The smallest absolute Gasteiger partial charge is 0.149 e. The lowest BCUT2D eigenvalue weighted by molar-refractivity contribution is 0.446. The van der Waals surface area contributed by atoms with Crippen LogP contribution in [0.2, 0.25) is 0 Å². The van der Waals surface area contributed by atoms with E-state index in [1.165, 1.54) is 28.8 Å². The first kappa shape index (κ1) is 23.6. The lowest BCUT2D eigenvalue weighted by Gasteiger charge is -2.27. The van der Waals surface area contributed by atoms with Crippen LogP contribution < -0.4 is 0 Å². The molecule has 318 valence electrons. The van der Waals surface area contributed by atoms with E-state index in [1.807, 2.05) is 84.9 Å². The minimum Gasteiger partial charge on any atom is -0.507 e. The van der Waals surface area contributed by atoms with Gasteiger partial charge < -0.3 is 5.11 Å². The predicted octanol–water partition coefficient (Wildman–Crippen LogP) is 16.2. The molecule has 9 rings (SSSR count). The number of aromatic nitrogens is 3. The van der Waals surface area contributed by atoms with Crippen molar-refractivity contribution in [2.45, 2.75) is 78.5 Å². The fourth-order valence-corrected chi connectivity index (χ4v) is 8.11. The van der Waals surface area contributed by atoms with Crippen LogP contribution in [-0.2, 0) is 10.8 Å². The van der Waals surface area contributed by atoms with Crippen LogP contribution in [0.4, 0.5) is 0 Å². The number of phenolic OH excluding ortho intramolecular Hbond substituents is 1. The van der Waals surface area contributed by atoms with Crippen molar-refractivity contribution in [3.8, 4) is 78.6 Å². The summed E-state index contributed by atoms with van der Waals surface area (Å²) in [5, 5.41) is 13.0. The second kappa shape index (κ2) is 16.6. The number of hydrogen-bond donors (Lipinski definition) is 1. The zero-order valence-corrected chi connectivity index (χ0v) is 35.0. The molecule has 2 heterocycles. The topological polar surface area (TPSA) is 50.9 Å². The molecule has 0 aliphatic carbocycles. The SMILES string of the molecule is [2H]C([2H])([2H])c1cc(-n2c(-c3cc(C(C([2H])([2H])[2H])(C([2H])([2H])[2H])C([2H])([2H])[2H])cc(C(C([2H])([2H])[2H])(C([2H])([2H])[2H])C([2H])([2H])[2H])c3O)nc3c(-c4cc(-c5ccccc5)cc(-c5cc(-c6ccc(C([2H])(C)C)cc6)ccn5)c4)cccc32)ccc1-c1ccccc1. The van der Waals surface area contributed by atoms with Crippen molar-refractivity contribution in [2.24, 2.45) is 0 Å². The van der Waals surface area contributed by atoms with E-state index in [4.69, 9.17) is 40.1 Å². The Balaban J connectivity index is 1.46. The fraction of sp³-hybridized carbons (Fsp3) is 0.200. The van der Waals surface area contributed by atoms with Gasteiger partial charge in [0, 0.05) is 58.7 Å². The summed E-state index contributed by atoms with van der Waals surface area (Å²) in [6.07, 6.45) is 1.65. The normalized spacial score (nSPS) is 18.7. The standard InChI is InChI=1S/C60H57N3O/c1-38(2)40-23-25-42(26-24-40)44-29-30-61-54(35-44)47-33-45(41-17-12-10-13-18-41)32-46(34-47)51-21-16-22-55-56(51)62-58(52-36-48(59(4,5)6)37-53(57(52)64)60(7,8)9)63(55)49-27-28-50(39(3)31-49)43-19-14-11-15-20-43/h10-38,64H,1-9H3/i3D3,4D3,5D3,6D3,7D3,8D3,9D3,38D. The molecule has 0 aliphatic rings. The Kier molecular flexibility index (Phi) is 6.11. The molecule has 0 saturated heterocycles. The van der Waals surface area contributed by atoms with Crippen molar-refractivity contribution in [2.75, 3.05) is 0 Å². The van der Waals surface area contributed by atoms with Gasteiger partial charge >= 0.3 is 0 Å². The molecule has 64 heavy (non-hydrogen) atoms. The third-order valence-electron chi connectivity index (χ3n) is 11.4. The molecule has 0 atom stereocenters. The number of fused-ring (bicyclic) bond motifs is 1. The number of para-hydroxylation sites is 1. The van der Waals surface area contributed by atoms with Gasteiger partial charge in [-0.3, -0.25) is 9.55 Å². The molecular weight excluding hydrogens is 779 g/mol. The first-order valence-electron chi connectivity index (χ1n) is 31.5. The number of benzene rings is 7. The average molecular weight is 858 g/mol. The summed E-state index contributed by atoms with van der Waals surface area (Å²) in [5.74, 6) is -2.91. The molecule has 1 N–H and O–H groups in total. The number of pyridine rings is 1. The Morgan fingerprint density at radius 2 is 1.25 bits per heavy atom. The molecule has 4 heteroatoms. The number of nitrogens with zero attached hydrogens (tertiary/aromatic N) is 3. The number of imidazole rings is 1. The van der Waals surface area contributed by atoms with Crippen LogP contribution in [0.3, 0.4) is 0 Å². The third-order valence-corrected chi connectivity index (χ3v) is 11.4. The molecular formula is C60H57N3O. The molecule has 0 aliphatic heterocycles. The van der Waals surface area contributed by atoms with Crippen molar-refractivity contribution in [1.82, 2.24) is 14.5 Å². The summed E-state index contributed by atoms with van der Waals surface area (Å²) >= 11 is 0. The van der Waals surface area contributed by atoms with E-state index in [9.17, 15) is 5.11 Å². The van der Waals surface area contributed by atoms with Gasteiger partial charge in [0.05, 0.1) is 22.3 Å². The van der Waals surface area contributed by atoms with Crippen molar-refractivity contribution >= 4 is 11.0 Å². The lowest BCUT2D eigenvalue weighted by atomic mass is 9.79. The van der Waals surface area contributed by atoms with Gasteiger partial charge in [-0.25, -0.2) is 4.98 Å². The van der Waals surface area contributed by atoms with E-state index in [1.54, 1.807) is 62.5 Å². The van der Waals surface area contributed by atoms with Crippen LogP contribution >= 0.6 is 0 Å². The van der Waals surface area contributed by atoms with Crippen molar-refractivity contribution < 1.29 is 35.3 Å². The Hall–Kier alpha value is -7.04. The Bertz CT molecular complexity index is 3920. The number of rotatable bonds is 8. The van der Waals surface area contributed by atoms with Crippen LogP contribution in [0.25, 0.3) is 83.9 Å². The first-order valence-corrected chi connectivity index (χ1v) is 20.5. The van der Waals surface area contributed by atoms with Gasteiger partial charge in [-0.15, -0.1) is 0 Å². The zero-order valence-electron chi connectivity index (χ0n) is 57.0. The van der Waals surface area contributed by atoms with Gasteiger partial charge in [-0.2, -0.15) is 0 Å². The third kappa shape index (κ3) is 8.17. The van der Waals surface area contributed by atoms with E-state index in [0.29, 0.717) is 39.6 Å². The van der Waals surface area contributed by atoms with Gasteiger partial charge in [0.15, 0.2) is 0 Å². The fourth-order valence-electron chi connectivity index (χ4n) is 8.11. The van der Waals surface area contributed by atoms with E-state index in [2.05, 4.69) is 0 Å². The minimum absolute atomic E-state index is 0.0224. The maximum atomic E-state index is 13.0. The van der Waals surface area contributed by atoms with Crippen LogP contribution in [-0.4, -0.2) is 19.6 Å². The molecule has 9 aromatic rings. The Morgan fingerprint density at radius 1 is 0.562 bits per heavy atom. The quantitative estimate of drug-likeness (QED) is 0.166. The maximum absolute atomic E-state index is 13.0. The first-order chi connectivity index (χ1) is 39.6. The van der Waals surface area contributed by atoms with E-state index in [0.717, 1.165) is 22.3 Å². The summed E-state index contributed by atoms with van der Waals surface area (Å²) in [7, 11) is 0. The number of hydrogen-bond acceptors (Lipinski definition) is 3. The summed E-state index contributed by atoms with van der Waals surface area (Å²) in [6.45, 7) is -24.2. The molecule has 2 aromatic heterocycles. The summed E-state index contributed by atoms with van der Waals surface area (Å²) in [6, 6.07) is 44.7. The molecule has 0 bridgehead atoms. The van der Waals surface area contributed by atoms with Gasteiger partial charge in [0.25, 0.3) is 0 Å². The molecule has 0 unspecified atom stereocenters. The highest BCUT2D eigenvalue weighted by Gasteiger charge is 2.29. The second-order valence-electron chi connectivity index (χ2n) is 16.1. The summed E-state index contributed by atoms with van der Waals surface area (Å²) in [4.78, 5) is 9.84. The monoisotopic (exact) mass is 858 g/mol. The van der Waals surface area contributed by atoms with Gasteiger partial charge in [0.1, 0.15) is 11.6 Å². The molecule has 0 amide bonds. The molecule has 0 radical (unpaired) electrons. The maximum Gasteiger partial charge on any atom is 0.149 e. The molecule has 4 nitrogen and oxygen atoms in total. The van der Waals surface area contributed by atoms with Crippen molar-refractivity contribution in [3.05, 3.63) is 192 Å². The van der Waals surface area contributed by atoms with Gasteiger partial charge in [0.2, 0.25) is 0 Å². The van der Waals surface area contributed by atoms with E-state index < -0.39 is 93.0 Å². The molecule has 7 aromatic carbocycles. The number of phenols is 1. The highest BCUT2D eigenvalue weighted by atomic mass is 16.3. The highest BCUT2D eigenvalue weighted by molar-refractivity contribution is 5.98. The van der Waals surface area contributed by atoms with Gasteiger partial charge in [-0.05, 0) is 134 Å². The van der Waals surface area contributed by atoms with Crippen molar-refractivity contribution in [3.63, 3.8) is 0 Å². The minimum atomic E-state index is -4.22. The zero-order chi connectivity index (χ0) is 63.3. The van der Waals surface area contributed by atoms with Crippen LogP contribution in [0.5, 0.6) is 5.75 Å². The Morgan fingerprint density at radius 3 is 1.95 bits per heavy atom. The lowest BCUT2D eigenvalue weighted by Crippen LogP contribution is -2.17. The second-order valence-corrected chi connectivity index (χ2v) is 16.1. The number of aryl methyl sites for hydroxylation is 1. The Labute approximate surface area is 409 Å². The van der Waals surface area contributed by atoms with Gasteiger partial charge in [-0.1, -0.05) is 164 Å². The molecule has 0 fully saturated rings. The van der Waals surface area contributed by atoms with Crippen LogP contribution in [0, 0.1) is 6.85 Å². The average Bonchev–Trinajstić information content (AvgIpc) is 0.789. The summed E-state index contributed by atoms with van der Waals surface area (Å²) in [5.41, 5.74) is -5.73.